The normalized spacial score (nSPS) is 10.8. The highest BCUT2D eigenvalue weighted by Gasteiger charge is 2.04. The van der Waals surface area contributed by atoms with Crippen LogP contribution in [-0.2, 0) is 6.42 Å². The first-order valence-corrected chi connectivity index (χ1v) is 6.28. The van der Waals surface area contributed by atoms with Crippen molar-refractivity contribution in [3.63, 3.8) is 0 Å². The predicted octanol–water partition coefficient (Wildman–Crippen LogP) is 2.32. The van der Waals surface area contributed by atoms with Crippen LogP contribution in [-0.4, -0.2) is 26.5 Å². The molecule has 0 aliphatic heterocycles. The number of H-pyrrole nitrogens is 1. The number of nitrogens with one attached hydrogen (secondary N) is 2. The average Bonchev–Trinajstić information content (AvgIpc) is 2.92. The van der Waals surface area contributed by atoms with Crippen molar-refractivity contribution in [1.29, 1.82) is 0 Å². The summed E-state index contributed by atoms with van der Waals surface area (Å²) in [4.78, 5) is 16.4. The average molecular weight is 253 g/mol. The third kappa shape index (κ3) is 2.54. The van der Waals surface area contributed by atoms with Gasteiger partial charge in [0.15, 0.2) is 0 Å². The molecule has 0 aliphatic carbocycles. The summed E-state index contributed by atoms with van der Waals surface area (Å²) in [6.07, 6.45) is 4.42. The zero-order chi connectivity index (χ0) is 13.1. The molecule has 2 N–H and O–H groups in total. The second kappa shape index (κ2) is 5.06. The molecule has 3 rings (SSSR count). The summed E-state index contributed by atoms with van der Waals surface area (Å²) >= 11 is 0. The molecule has 0 atom stereocenters. The number of benzene rings is 1. The van der Waals surface area contributed by atoms with E-state index in [2.05, 4.69) is 25.3 Å². The number of hydrogen-bond donors (Lipinski definition) is 2. The van der Waals surface area contributed by atoms with Gasteiger partial charge >= 0.3 is 0 Å². The van der Waals surface area contributed by atoms with Gasteiger partial charge in [0.2, 0.25) is 0 Å². The zero-order valence-corrected chi connectivity index (χ0v) is 10.7. The molecule has 0 amide bonds. The second-order valence-electron chi connectivity index (χ2n) is 4.36. The Morgan fingerprint density at radius 1 is 1.16 bits per heavy atom. The molecule has 0 aliphatic rings. The lowest BCUT2D eigenvalue weighted by Gasteiger charge is -2.08. The summed E-state index contributed by atoms with van der Waals surface area (Å²) < 4.78 is 0. The van der Waals surface area contributed by atoms with Crippen molar-refractivity contribution in [2.75, 3.05) is 11.9 Å². The van der Waals surface area contributed by atoms with Crippen LogP contribution in [0.3, 0.4) is 0 Å². The van der Waals surface area contributed by atoms with Crippen LogP contribution in [0.15, 0.2) is 36.7 Å². The molecular formula is C14H15N5. The van der Waals surface area contributed by atoms with Crippen LogP contribution in [0.1, 0.15) is 11.5 Å². The van der Waals surface area contributed by atoms with E-state index in [1.807, 2.05) is 37.4 Å². The van der Waals surface area contributed by atoms with Crippen LogP contribution in [0.25, 0.3) is 11.0 Å². The van der Waals surface area contributed by atoms with Crippen LogP contribution in [0.5, 0.6) is 0 Å². The molecule has 0 bridgehead atoms. The highest BCUT2D eigenvalue weighted by molar-refractivity contribution is 5.76. The fraction of sp³-hybridized carbons (Fsp3) is 0.214. The van der Waals surface area contributed by atoms with Crippen molar-refractivity contribution in [3.8, 4) is 0 Å². The van der Waals surface area contributed by atoms with Crippen molar-refractivity contribution in [3.05, 3.63) is 48.2 Å². The standard InChI is InChI=1S/C14H15N5/c1-10-14(17-7-6-13-15-8-9-16-13)19-12-5-3-2-4-11(12)18-10/h2-5,8-9H,6-7H2,1H3,(H,15,16)(H,17,19). The van der Waals surface area contributed by atoms with Crippen LogP contribution >= 0.6 is 0 Å². The van der Waals surface area contributed by atoms with Gasteiger partial charge in [-0.05, 0) is 19.1 Å². The van der Waals surface area contributed by atoms with Gasteiger partial charge in [0.05, 0.1) is 16.7 Å². The molecule has 2 heterocycles. The monoisotopic (exact) mass is 253 g/mol. The Morgan fingerprint density at radius 2 is 1.95 bits per heavy atom. The van der Waals surface area contributed by atoms with E-state index >= 15 is 0 Å². The van der Waals surface area contributed by atoms with Crippen LogP contribution in [0.4, 0.5) is 5.82 Å². The maximum atomic E-state index is 4.59. The van der Waals surface area contributed by atoms with Gasteiger partial charge in [-0.1, -0.05) is 12.1 Å². The third-order valence-electron chi connectivity index (χ3n) is 2.95. The molecule has 0 fully saturated rings. The largest absolute Gasteiger partial charge is 0.368 e. The Labute approximate surface area is 111 Å². The maximum absolute atomic E-state index is 4.59. The third-order valence-corrected chi connectivity index (χ3v) is 2.95. The van der Waals surface area contributed by atoms with Gasteiger partial charge in [-0.25, -0.2) is 15.0 Å². The molecule has 0 radical (unpaired) electrons. The lowest BCUT2D eigenvalue weighted by atomic mass is 10.3. The number of fused-ring (bicyclic) bond motifs is 1. The summed E-state index contributed by atoms with van der Waals surface area (Å²) in [7, 11) is 0. The summed E-state index contributed by atoms with van der Waals surface area (Å²) in [6.45, 7) is 2.75. The van der Waals surface area contributed by atoms with Gasteiger partial charge in [0.1, 0.15) is 11.6 Å². The minimum atomic E-state index is 0.779. The summed E-state index contributed by atoms with van der Waals surface area (Å²) in [5, 5.41) is 3.31. The zero-order valence-electron chi connectivity index (χ0n) is 10.7. The van der Waals surface area contributed by atoms with Gasteiger partial charge in [0, 0.05) is 25.4 Å². The molecule has 19 heavy (non-hydrogen) atoms. The summed E-state index contributed by atoms with van der Waals surface area (Å²) in [5.41, 5.74) is 2.75. The van der Waals surface area contributed by atoms with Crippen LogP contribution in [0.2, 0.25) is 0 Å². The first-order valence-electron chi connectivity index (χ1n) is 6.28. The second-order valence-corrected chi connectivity index (χ2v) is 4.36. The van der Waals surface area contributed by atoms with Gasteiger partial charge < -0.3 is 10.3 Å². The Hall–Kier alpha value is -2.43. The highest BCUT2D eigenvalue weighted by Crippen LogP contribution is 2.15. The molecule has 0 spiro atoms. The number of hydrogen-bond acceptors (Lipinski definition) is 4. The maximum Gasteiger partial charge on any atom is 0.148 e. The summed E-state index contributed by atoms with van der Waals surface area (Å²) in [5.74, 6) is 1.81. The molecular weight excluding hydrogens is 238 g/mol. The van der Waals surface area contributed by atoms with E-state index in [0.29, 0.717) is 0 Å². The number of rotatable bonds is 4. The molecule has 2 aromatic heterocycles. The topological polar surface area (TPSA) is 66.5 Å². The van der Waals surface area contributed by atoms with E-state index in [9.17, 15) is 0 Å². The van der Waals surface area contributed by atoms with E-state index in [-0.39, 0.29) is 0 Å². The van der Waals surface area contributed by atoms with Crippen molar-refractivity contribution >= 4 is 16.9 Å². The Morgan fingerprint density at radius 3 is 2.68 bits per heavy atom. The van der Waals surface area contributed by atoms with Gasteiger partial charge in [-0.15, -0.1) is 0 Å². The molecule has 0 saturated carbocycles. The van der Waals surface area contributed by atoms with Gasteiger partial charge in [0.25, 0.3) is 0 Å². The quantitative estimate of drug-likeness (QED) is 0.748. The molecule has 0 unspecified atom stereocenters. The minimum absolute atomic E-state index is 0.779. The van der Waals surface area contributed by atoms with Crippen LogP contribution < -0.4 is 5.32 Å². The lowest BCUT2D eigenvalue weighted by Crippen LogP contribution is -2.09. The minimum Gasteiger partial charge on any atom is -0.368 e. The van der Waals surface area contributed by atoms with Crippen molar-refractivity contribution < 1.29 is 0 Å². The Bertz CT molecular complexity index is 675. The number of imidazole rings is 1. The van der Waals surface area contributed by atoms with E-state index in [1.165, 1.54) is 0 Å². The number of aromatic amines is 1. The Balaban J connectivity index is 1.75. The first kappa shape index (κ1) is 11.6. The van der Waals surface area contributed by atoms with Gasteiger partial charge in [-0.3, -0.25) is 0 Å². The molecule has 3 aromatic rings. The lowest BCUT2D eigenvalue weighted by molar-refractivity contribution is 0.918. The van der Waals surface area contributed by atoms with E-state index in [1.54, 1.807) is 6.20 Å². The predicted molar refractivity (Wildman–Crippen MR) is 75.1 cm³/mol. The number of para-hydroxylation sites is 2. The molecule has 1 aromatic carbocycles. The summed E-state index contributed by atoms with van der Waals surface area (Å²) in [6, 6.07) is 7.89. The highest BCUT2D eigenvalue weighted by atomic mass is 15.0. The number of aromatic nitrogens is 4. The molecule has 5 heteroatoms. The molecule has 96 valence electrons. The fourth-order valence-electron chi connectivity index (χ4n) is 1.99. The molecule has 0 saturated heterocycles. The van der Waals surface area contributed by atoms with Gasteiger partial charge in [-0.2, -0.15) is 0 Å². The first-order chi connectivity index (χ1) is 9.33. The molecule has 5 nitrogen and oxygen atoms in total. The SMILES string of the molecule is Cc1nc2ccccc2nc1NCCc1ncc[nH]1. The van der Waals surface area contributed by atoms with E-state index < -0.39 is 0 Å². The smallest absolute Gasteiger partial charge is 0.148 e. The number of aryl methyl sites for hydroxylation is 1. The van der Waals surface area contributed by atoms with Crippen molar-refractivity contribution in [2.24, 2.45) is 0 Å². The number of anilines is 1. The van der Waals surface area contributed by atoms with E-state index in [0.717, 1.165) is 41.3 Å². The fourth-order valence-corrected chi connectivity index (χ4v) is 1.99. The van der Waals surface area contributed by atoms with E-state index in [4.69, 9.17) is 0 Å². The van der Waals surface area contributed by atoms with Crippen molar-refractivity contribution in [2.45, 2.75) is 13.3 Å². The van der Waals surface area contributed by atoms with Crippen LogP contribution in [0, 0.1) is 6.92 Å². The number of nitrogens with zero attached hydrogens (tertiary/aromatic N) is 3. The van der Waals surface area contributed by atoms with Crippen molar-refractivity contribution in [1.82, 2.24) is 19.9 Å². The Kier molecular flexibility index (Phi) is 3.10.